The van der Waals surface area contributed by atoms with E-state index in [2.05, 4.69) is 5.32 Å². The third-order valence-corrected chi connectivity index (χ3v) is 3.84. The number of aryl methyl sites for hydroxylation is 1. The lowest BCUT2D eigenvalue weighted by Gasteiger charge is -2.12. The molecule has 0 saturated carbocycles. The molecule has 3 rings (SSSR count). The number of fused-ring (bicyclic) bond motifs is 1. The van der Waals surface area contributed by atoms with Crippen LogP contribution in [-0.4, -0.2) is 18.0 Å². The molecule has 0 fully saturated rings. The zero-order valence-electron chi connectivity index (χ0n) is 14.1. The lowest BCUT2D eigenvalue weighted by Crippen LogP contribution is -2.35. The lowest BCUT2D eigenvalue weighted by atomic mass is 10.1. The van der Waals surface area contributed by atoms with E-state index < -0.39 is 12.1 Å². The first-order valence-electron chi connectivity index (χ1n) is 7.99. The number of benzene rings is 1. The minimum absolute atomic E-state index is 0.0475. The topological polar surface area (TPSA) is 81.7 Å². The van der Waals surface area contributed by atoms with Crippen molar-refractivity contribution in [3.05, 3.63) is 59.7 Å². The van der Waals surface area contributed by atoms with Crippen LogP contribution in [0.3, 0.4) is 0 Å². The summed E-state index contributed by atoms with van der Waals surface area (Å²) < 4.78 is 15.8. The molecule has 0 aliphatic carbocycles. The number of carbonyl (C=O) groups excluding carboxylic acids is 2. The average molecular weight is 341 g/mol. The van der Waals surface area contributed by atoms with Crippen molar-refractivity contribution in [2.75, 3.05) is 0 Å². The molecule has 130 valence electrons. The maximum atomic E-state index is 12.1. The number of rotatable bonds is 6. The molecule has 1 N–H and O–H groups in total. The van der Waals surface area contributed by atoms with Crippen molar-refractivity contribution in [3.63, 3.8) is 0 Å². The zero-order chi connectivity index (χ0) is 17.8. The van der Waals surface area contributed by atoms with Gasteiger partial charge in [-0.2, -0.15) is 0 Å². The molecule has 3 aromatic rings. The number of esters is 1. The lowest BCUT2D eigenvalue weighted by molar-refractivity contribution is -0.154. The van der Waals surface area contributed by atoms with E-state index in [4.69, 9.17) is 13.6 Å². The van der Waals surface area contributed by atoms with E-state index in [9.17, 15) is 9.59 Å². The standard InChI is InChI=1S/C19H19NO5/c1-12-5-6-16-14(11-24-17(16)8-12)9-18(21)25-13(2)19(22)20-10-15-4-3-7-23-15/h3-8,11,13H,9-10H2,1-2H3,(H,20,22)/t13-/m1/s1. The highest BCUT2D eigenvalue weighted by atomic mass is 16.5. The summed E-state index contributed by atoms with van der Waals surface area (Å²) in [6.45, 7) is 3.75. The van der Waals surface area contributed by atoms with Gasteiger partial charge in [-0.3, -0.25) is 9.59 Å². The van der Waals surface area contributed by atoms with E-state index in [1.165, 1.54) is 13.2 Å². The van der Waals surface area contributed by atoms with Gasteiger partial charge in [0, 0.05) is 10.9 Å². The molecule has 0 unspecified atom stereocenters. The maximum absolute atomic E-state index is 12.1. The molecule has 2 aromatic heterocycles. The number of ether oxygens (including phenoxy) is 1. The van der Waals surface area contributed by atoms with E-state index in [0.29, 0.717) is 5.76 Å². The van der Waals surface area contributed by atoms with Crippen LogP contribution in [0.1, 0.15) is 23.8 Å². The van der Waals surface area contributed by atoms with Crippen molar-refractivity contribution in [3.8, 4) is 0 Å². The van der Waals surface area contributed by atoms with E-state index in [0.717, 1.165) is 22.1 Å². The number of nitrogens with one attached hydrogen (secondary N) is 1. The monoisotopic (exact) mass is 341 g/mol. The van der Waals surface area contributed by atoms with Crippen LogP contribution in [0, 0.1) is 6.92 Å². The molecule has 1 amide bonds. The van der Waals surface area contributed by atoms with E-state index >= 15 is 0 Å². The predicted octanol–water partition coefficient (Wildman–Crippen LogP) is 3.12. The van der Waals surface area contributed by atoms with Gasteiger partial charge in [-0.05, 0) is 37.6 Å². The number of amides is 1. The third-order valence-electron chi connectivity index (χ3n) is 3.84. The summed E-state index contributed by atoms with van der Waals surface area (Å²) in [6.07, 6.45) is 2.24. The Morgan fingerprint density at radius 3 is 2.84 bits per heavy atom. The summed E-state index contributed by atoms with van der Waals surface area (Å²) in [6, 6.07) is 9.27. The van der Waals surface area contributed by atoms with Crippen molar-refractivity contribution in [1.29, 1.82) is 0 Å². The van der Waals surface area contributed by atoms with Gasteiger partial charge in [0.15, 0.2) is 6.10 Å². The van der Waals surface area contributed by atoms with Crippen molar-refractivity contribution in [2.24, 2.45) is 0 Å². The molecule has 0 spiro atoms. The van der Waals surface area contributed by atoms with Gasteiger partial charge in [0.1, 0.15) is 11.3 Å². The second kappa shape index (κ2) is 7.25. The Morgan fingerprint density at radius 2 is 2.08 bits per heavy atom. The van der Waals surface area contributed by atoms with E-state index in [1.807, 2.05) is 25.1 Å². The molecule has 6 heteroatoms. The zero-order valence-corrected chi connectivity index (χ0v) is 14.1. The van der Waals surface area contributed by atoms with Gasteiger partial charge in [0.2, 0.25) is 0 Å². The summed E-state index contributed by atoms with van der Waals surface area (Å²) in [7, 11) is 0. The quantitative estimate of drug-likeness (QED) is 0.697. The van der Waals surface area contributed by atoms with Crippen LogP contribution in [0.4, 0.5) is 0 Å². The van der Waals surface area contributed by atoms with Crippen LogP contribution in [0.2, 0.25) is 0 Å². The molecule has 25 heavy (non-hydrogen) atoms. The largest absolute Gasteiger partial charge is 0.467 e. The van der Waals surface area contributed by atoms with Crippen LogP contribution in [0.15, 0.2) is 51.7 Å². The number of carbonyl (C=O) groups is 2. The first-order valence-corrected chi connectivity index (χ1v) is 7.99. The van der Waals surface area contributed by atoms with Gasteiger partial charge >= 0.3 is 5.97 Å². The molecular weight excluding hydrogens is 322 g/mol. The smallest absolute Gasteiger partial charge is 0.311 e. The first kappa shape index (κ1) is 16.8. The van der Waals surface area contributed by atoms with E-state index in [1.54, 1.807) is 18.4 Å². The Morgan fingerprint density at radius 1 is 1.24 bits per heavy atom. The number of furan rings is 2. The molecule has 0 saturated heterocycles. The molecule has 6 nitrogen and oxygen atoms in total. The summed E-state index contributed by atoms with van der Waals surface area (Å²) in [5.74, 6) is -0.228. The Kier molecular flexibility index (Phi) is 4.88. The first-order chi connectivity index (χ1) is 12.0. The third kappa shape index (κ3) is 4.09. The number of hydrogen-bond donors (Lipinski definition) is 1. The molecular formula is C19H19NO5. The average Bonchev–Trinajstić information content (AvgIpc) is 3.22. The van der Waals surface area contributed by atoms with Crippen LogP contribution < -0.4 is 5.32 Å². The van der Waals surface area contributed by atoms with Crippen molar-refractivity contribution >= 4 is 22.8 Å². The molecule has 2 heterocycles. The molecule has 1 atom stereocenters. The van der Waals surface area contributed by atoms with Gasteiger partial charge in [0.05, 0.1) is 25.5 Å². The fraction of sp³-hybridized carbons (Fsp3) is 0.263. The minimum atomic E-state index is -0.886. The fourth-order valence-electron chi connectivity index (χ4n) is 2.51. The van der Waals surface area contributed by atoms with Gasteiger partial charge in [0.25, 0.3) is 5.91 Å². The Hall–Kier alpha value is -3.02. The molecule has 1 aromatic carbocycles. The predicted molar refractivity (Wildman–Crippen MR) is 90.8 cm³/mol. The van der Waals surface area contributed by atoms with Crippen molar-refractivity contribution in [2.45, 2.75) is 32.9 Å². The fourth-order valence-corrected chi connectivity index (χ4v) is 2.51. The van der Waals surface area contributed by atoms with Gasteiger partial charge in [-0.25, -0.2) is 0 Å². The van der Waals surface area contributed by atoms with Crippen LogP contribution in [-0.2, 0) is 27.3 Å². The summed E-state index contributed by atoms with van der Waals surface area (Å²) in [5, 5.41) is 3.53. The summed E-state index contributed by atoms with van der Waals surface area (Å²) in [4.78, 5) is 24.1. The summed E-state index contributed by atoms with van der Waals surface area (Å²) >= 11 is 0. The highest BCUT2D eigenvalue weighted by molar-refractivity contribution is 5.88. The Balaban J connectivity index is 1.54. The second-order valence-corrected chi connectivity index (χ2v) is 5.87. The second-order valence-electron chi connectivity index (χ2n) is 5.87. The molecule has 0 aliphatic rings. The van der Waals surface area contributed by atoms with Gasteiger partial charge in [-0.1, -0.05) is 12.1 Å². The van der Waals surface area contributed by atoms with Crippen LogP contribution >= 0.6 is 0 Å². The van der Waals surface area contributed by atoms with Crippen molar-refractivity contribution in [1.82, 2.24) is 5.32 Å². The van der Waals surface area contributed by atoms with Crippen LogP contribution in [0.25, 0.3) is 11.0 Å². The minimum Gasteiger partial charge on any atom is -0.467 e. The molecule has 0 radical (unpaired) electrons. The summed E-state index contributed by atoms with van der Waals surface area (Å²) in [5.41, 5.74) is 2.55. The van der Waals surface area contributed by atoms with Crippen molar-refractivity contribution < 1.29 is 23.2 Å². The molecule has 0 aliphatic heterocycles. The Labute approximate surface area is 144 Å². The SMILES string of the molecule is Cc1ccc2c(CC(=O)O[C@H](C)C(=O)NCc3ccco3)coc2c1. The maximum Gasteiger partial charge on any atom is 0.311 e. The highest BCUT2D eigenvalue weighted by Crippen LogP contribution is 2.23. The highest BCUT2D eigenvalue weighted by Gasteiger charge is 2.19. The van der Waals surface area contributed by atoms with Crippen LogP contribution in [0.5, 0.6) is 0 Å². The van der Waals surface area contributed by atoms with Gasteiger partial charge < -0.3 is 18.9 Å². The molecule has 0 bridgehead atoms. The normalized spacial score (nSPS) is 12.1. The Bertz CT molecular complexity index is 879. The number of hydrogen-bond acceptors (Lipinski definition) is 5. The van der Waals surface area contributed by atoms with E-state index in [-0.39, 0.29) is 18.9 Å². The van der Waals surface area contributed by atoms with Gasteiger partial charge in [-0.15, -0.1) is 0 Å².